The molecule has 1 N–H and O–H groups in total. The first kappa shape index (κ1) is 17.4. The first-order valence-electron chi connectivity index (χ1n) is 7.07. The van der Waals surface area contributed by atoms with Crippen LogP contribution in [0.5, 0.6) is 5.75 Å². The van der Waals surface area contributed by atoms with Crippen LogP contribution in [0.2, 0.25) is 19.6 Å². The molecule has 0 unspecified atom stereocenters. The Morgan fingerprint density at radius 3 is 2.58 bits per heavy atom. The maximum atomic E-state index is 12.0. The number of nitro groups is 1. The first-order chi connectivity index (χ1) is 11.2. The van der Waals surface area contributed by atoms with E-state index in [9.17, 15) is 20.0 Å². The lowest BCUT2D eigenvalue weighted by Gasteiger charge is -2.09. The topological polar surface area (TPSA) is 103 Å². The summed E-state index contributed by atoms with van der Waals surface area (Å²) in [4.78, 5) is 26.6. The minimum atomic E-state index is -1.79. The zero-order valence-corrected chi connectivity index (χ0v) is 14.7. The molecule has 0 aliphatic heterocycles. The van der Waals surface area contributed by atoms with Gasteiger partial charge in [0.05, 0.1) is 23.0 Å². The summed E-state index contributed by atoms with van der Waals surface area (Å²) in [6, 6.07) is 4.18. The van der Waals surface area contributed by atoms with Gasteiger partial charge >= 0.3 is 5.97 Å². The zero-order chi connectivity index (χ0) is 18.1. The molecule has 124 valence electrons. The molecule has 0 radical (unpaired) electrons. The second-order valence-corrected chi connectivity index (χ2v) is 10.9. The molecule has 1 aromatic carbocycles. The van der Waals surface area contributed by atoms with Gasteiger partial charge in [-0.05, 0) is 6.07 Å². The predicted molar refractivity (Wildman–Crippen MR) is 91.6 cm³/mol. The molecular formula is C16H16N2O5Si. The van der Waals surface area contributed by atoms with Crippen LogP contribution in [0.25, 0.3) is 10.9 Å². The largest absolute Gasteiger partial charge is 0.506 e. The molecule has 0 spiro atoms. The summed E-state index contributed by atoms with van der Waals surface area (Å²) < 4.78 is 4.67. The van der Waals surface area contributed by atoms with Gasteiger partial charge in [-0.1, -0.05) is 31.6 Å². The minimum Gasteiger partial charge on any atom is -0.506 e. The summed E-state index contributed by atoms with van der Waals surface area (Å²) in [5.74, 6) is 1.68. The van der Waals surface area contributed by atoms with Crippen molar-refractivity contribution in [3.63, 3.8) is 0 Å². The summed E-state index contributed by atoms with van der Waals surface area (Å²) in [5.41, 5.74) is 2.45. The van der Waals surface area contributed by atoms with E-state index < -0.39 is 19.0 Å². The number of aromatic nitrogens is 1. The Hall–Kier alpha value is -2.92. The van der Waals surface area contributed by atoms with Crippen LogP contribution in [0.1, 0.15) is 16.1 Å². The second-order valence-electron chi connectivity index (χ2n) is 6.11. The molecule has 0 atom stereocenters. The van der Waals surface area contributed by atoms with E-state index in [1.165, 1.54) is 25.3 Å². The number of ether oxygens (including phenoxy) is 1. The summed E-state index contributed by atoms with van der Waals surface area (Å²) in [6.45, 7) is 6.02. The maximum absolute atomic E-state index is 12.0. The van der Waals surface area contributed by atoms with E-state index in [1.807, 2.05) is 19.6 Å². The van der Waals surface area contributed by atoms with E-state index in [1.54, 1.807) is 0 Å². The number of nitrogens with zero attached hydrogens (tertiary/aromatic N) is 2. The third-order valence-corrected chi connectivity index (χ3v) is 3.98. The molecule has 0 saturated carbocycles. The Morgan fingerprint density at radius 2 is 2.04 bits per heavy atom. The van der Waals surface area contributed by atoms with Gasteiger partial charge in [-0.2, -0.15) is 0 Å². The molecule has 7 nitrogen and oxygen atoms in total. The average Bonchev–Trinajstić information content (AvgIpc) is 2.51. The zero-order valence-electron chi connectivity index (χ0n) is 13.7. The number of pyridine rings is 1. The van der Waals surface area contributed by atoms with Gasteiger partial charge in [0.2, 0.25) is 0 Å². The fourth-order valence-corrected chi connectivity index (χ4v) is 2.51. The van der Waals surface area contributed by atoms with Crippen LogP contribution in [0.4, 0.5) is 5.69 Å². The van der Waals surface area contributed by atoms with Crippen molar-refractivity contribution in [3.8, 4) is 17.2 Å². The van der Waals surface area contributed by atoms with E-state index in [0.29, 0.717) is 0 Å². The van der Waals surface area contributed by atoms with Crippen LogP contribution in [0, 0.1) is 21.6 Å². The molecule has 8 heteroatoms. The van der Waals surface area contributed by atoms with Crippen LogP contribution in [0.15, 0.2) is 18.2 Å². The van der Waals surface area contributed by atoms with Crippen LogP contribution >= 0.6 is 0 Å². The number of methoxy groups -OCH3 is 1. The maximum Gasteiger partial charge on any atom is 0.358 e. The Balaban J connectivity index is 2.90. The lowest BCUT2D eigenvalue weighted by molar-refractivity contribution is -0.383. The highest BCUT2D eigenvalue weighted by Crippen LogP contribution is 2.34. The lowest BCUT2D eigenvalue weighted by Crippen LogP contribution is -2.17. The number of fused-ring (bicyclic) bond motifs is 1. The number of esters is 1. The van der Waals surface area contributed by atoms with Crippen molar-refractivity contribution in [2.24, 2.45) is 0 Å². The second kappa shape index (κ2) is 6.29. The van der Waals surface area contributed by atoms with Crippen molar-refractivity contribution in [3.05, 3.63) is 39.6 Å². The van der Waals surface area contributed by atoms with Gasteiger partial charge in [0, 0.05) is 6.07 Å². The number of carbonyl (C=O) groups excluding carboxylic acids is 1. The molecule has 0 aliphatic rings. The Labute approximate surface area is 139 Å². The number of non-ortho nitro benzene ring substituents is 1. The van der Waals surface area contributed by atoms with Crippen molar-refractivity contribution in [2.75, 3.05) is 7.11 Å². The van der Waals surface area contributed by atoms with Crippen molar-refractivity contribution in [2.45, 2.75) is 19.6 Å². The summed E-state index contributed by atoms with van der Waals surface area (Å²) in [6.07, 6.45) is 0. The molecule has 2 rings (SSSR count). The predicted octanol–water partition coefficient (Wildman–Crippen LogP) is 2.86. The molecule has 0 aliphatic carbocycles. The van der Waals surface area contributed by atoms with Crippen molar-refractivity contribution in [1.29, 1.82) is 0 Å². The van der Waals surface area contributed by atoms with Crippen LogP contribution in [0.3, 0.4) is 0 Å². The normalized spacial score (nSPS) is 10.8. The van der Waals surface area contributed by atoms with Gasteiger partial charge in [0.25, 0.3) is 5.69 Å². The van der Waals surface area contributed by atoms with E-state index in [4.69, 9.17) is 0 Å². The number of hydrogen-bond donors (Lipinski definition) is 1. The minimum absolute atomic E-state index is 0.0253. The summed E-state index contributed by atoms with van der Waals surface area (Å²) >= 11 is 0. The first-order valence-corrected chi connectivity index (χ1v) is 10.6. The third-order valence-electron chi connectivity index (χ3n) is 3.11. The number of benzene rings is 1. The quantitative estimate of drug-likeness (QED) is 0.295. The molecule has 1 aromatic heterocycles. The number of rotatable bonds is 2. The van der Waals surface area contributed by atoms with Crippen LogP contribution < -0.4 is 0 Å². The van der Waals surface area contributed by atoms with Crippen molar-refractivity contribution < 1.29 is 19.6 Å². The van der Waals surface area contributed by atoms with E-state index >= 15 is 0 Å². The molecule has 0 bridgehead atoms. The number of para-hydroxylation sites is 1. The number of nitro benzene ring substituents is 1. The van der Waals surface area contributed by atoms with Crippen molar-refractivity contribution in [1.82, 2.24) is 4.98 Å². The fourth-order valence-electron chi connectivity index (χ4n) is 2.01. The third kappa shape index (κ3) is 3.36. The SMILES string of the molecule is COC(=O)c1nc2c([N+](=O)[O-])cccc2c(O)c1C#C[Si](C)(C)C. The highest BCUT2D eigenvalue weighted by molar-refractivity contribution is 6.83. The van der Waals surface area contributed by atoms with Gasteiger partial charge < -0.3 is 9.84 Å². The summed E-state index contributed by atoms with van der Waals surface area (Å²) in [7, 11) is -0.620. The average molecular weight is 344 g/mol. The smallest absolute Gasteiger partial charge is 0.358 e. The van der Waals surface area contributed by atoms with Crippen LogP contribution in [-0.2, 0) is 4.74 Å². The molecule has 2 aromatic rings. The van der Waals surface area contributed by atoms with Crippen LogP contribution in [-0.4, -0.2) is 36.2 Å². The molecular weight excluding hydrogens is 328 g/mol. The fraction of sp³-hybridized carbons (Fsp3) is 0.250. The molecule has 0 amide bonds. The van der Waals surface area contributed by atoms with Gasteiger partial charge in [-0.25, -0.2) is 9.78 Å². The molecule has 24 heavy (non-hydrogen) atoms. The van der Waals surface area contributed by atoms with E-state index in [-0.39, 0.29) is 33.6 Å². The van der Waals surface area contributed by atoms with E-state index in [2.05, 4.69) is 21.2 Å². The monoisotopic (exact) mass is 344 g/mol. The molecule has 0 fully saturated rings. The van der Waals surface area contributed by atoms with Gasteiger partial charge in [0.15, 0.2) is 11.2 Å². The Kier molecular flexibility index (Phi) is 4.57. The van der Waals surface area contributed by atoms with Crippen molar-refractivity contribution >= 4 is 30.6 Å². The number of carbonyl (C=O) groups is 1. The number of hydrogen-bond acceptors (Lipinski definition) is 6. The lowest BCUT2D eigenvalue weighted by atomic mass is 10.1. The van der Waals surface area contributed by atoms with E-state index in [0.717, 1.165) is 0 Å². The highest BCUT2D eigenvalue weighted by atomic mass is 28.3. The molecule has 0 saturated heterocycles. The van der Waals surface area contributed by atoms with Gasteiger partial charge in [0.1, 0.15) is 13.8 Å². The summed E-state index contributed by atoms with van der Waals surface area (Å²) in [5, 5.41) is 21.8. The standard InChI is InChI=1S/C16H16N2O5Si/c1-23-16(20)14-11(8-9-24(2,3)4)15(19)10-6-5-7-12(18(21)22)13(10)17-14/h5-7H,1-4H3,(H,17,19). The Morgan fingerprint density at radius 1 is 1.38 bits per heavy atom. The van der Waals surface area contributed by atoms with Gasteiger partial charge in [-0.3, -0.25) is 10.1 Å². The highest BCUT2D eigenvalue weighted by Gasteiger charge is 2.24. The number of aromatic hydroxyl groups is 1. The Bertz CT molecular complexity index is 907. The molecule has 1 heterocycles. The van der Waals surface area contributed by atoms with Gasteiger partial charge in [-0.15, -0.1) is 5.54 Å².